The maximum absolute atomic E-state index is 4.56. The van der Waals surface area contributed by atoms with Crippen LogP contribution in [0.3, 0.4) is 0 Å². The number of thiazole rings is 1. The van der Waals surface area contributed by atoms with Crippen molar-refractivity contribution in [1.29, 1.82) is 0 Å². The van der Waals surface area contributed by atoms with Crippen molar-refractivity contribution in [1.82, 2.24) is 19.7 Å². The highest BCUT2D eigenvalue weighted by Crippen LogP contribution is 2.30. The Morgan fingerprint density at radius 1 is 0.963 bits per heavy atom. The third kappa shape index (κ3) is 3.82. The van der Waals surface area contributed by atoms with Gasteiger partial charge < -0.3 is 0 Å². The summed E-state index contributed by atoms with van der Waals surface area (Å²) in [6.45, 7) is 6.30. The molecular formula is C21H20N4S2. The predicted molar refractivity (Wildman–Crippen MR) is 113 cm³/mol. The van der Waals surface area contributed by atoms with E-state index in [1.807, 2.05) is 25.1 Å². The molecule has 0 aliphatic heterocycles. The summed E-state index contributed by atoms with van der Waals surface area (Å²) in [6, 6.07) is 16.7. The first-order chi connectivity index (χ1) is 13.1. The van der Waals surface area contributed by atoms with E-state index in [9.17, 15) is 0 Å². The molecule has 4 nitrogen and oxygen atoms in total. The van der Waals surface area contributed by atoms with Crippen molar-refractivity contribution in [3.05, 3.63) is 75.7 Å². The van der Waals surface area contributed by atoms with Gasteiger partial charge in [-0.2, -0.15) is 0 Å². The number of benzene rings is 2. The molecule has 136 valence electrons. The van der Waals surface area contributed by atoms with Gasteiger partial charge in [0.1, 0.15) is 0 Å². The summed E-state index contributed by atoms with van der Waals surface area (Å²) < 4.78 is 2.14. The van der Waals surface area contributed by atoms with Gasteiger partial charge in [-0.05, 0) is 44.0 Å². The molecule has 0 N–H and O–H groups in total. The van der Waals surface area contributed by atoms with E-state index in [0.29, 0.717) is 0 Å². The largest absolute Gasteiger partial charge is 0.270 e. The Hall–Kier alpha value is -2.44. The zero-order valence-corrected chi connectivity index (χ0v) is 17.1. The second-order valence-corrected chi connectivity index (χ2v) is 8.43. The Kier molecular flexibility index (Phi) is 5.09. The van der Waals surface area contributed by atoms with Crippen LogP contribution in [0.15, 0.2) is 59.1 Å². The predicted octanol–water partition coefficient (Wildman–Crippen LogP) is 5.61. The molecule has 4 rings (SSSR count). The second-order valence-electron chi connectivity index (χ2n) is 6.42. The number of aromatic nitrogens is 4. The van der Waals surface area contributed by atoms with Gasteiger partial charge in [-0.3, -0.25) is 4.57 Å². The average Bonchev–Trinajstić information content (AvgIpc) is 3.29. The minimum absolute atomic E-state index is 0.780. The summed E-state index contributed by atoms with van der Waals surface area (Å²) in [5.41, 5.74) is 5.75. The van der Waals surface area contributed by atoms with E-state index in [-0.39, 0.29) is 0 Å². The summed E-state index contributed by atoms with van der Waals surface area (Å²) >= 11 is 3.35. The second kappa shape index (κ2) is 7.66. The SMILES string of the molecule is Cc1nc(CSc2nnc(-c3ccccc3)n2-c2ccc(C)c(C)c2)cs1. The first kappa shape index (κ1) is 17.9. The fraction of sp³-hybridized carbons (Fsp3) is 0.190. The van der Waals surface area contributed by atoms with Crippen LogP contribution < -0.4 is 0 Å². The van der Waals surface area contributed by atoms with E-state index in [1.165, 1.54) is 11.1 Å². The number of thioether (sulfide) groups is 1. The lowest BCUT2D eigenvalue weighted by molar-refractivity contribution is 0.883. The molecule has 27 heavy (non-hydrogen) atoms. The molecule has 0 radical (unpaired) electrons. The number of hydrogen-bond acceptors (Lipinski definition) is 5. The molecule has 4 aromatic rings. The van der Waals surface area contributed by atoms with E-state index in [2.05, 4.69) is 69.3 Å². The minimum atomic E-state index is 0.780. The van der Waals surface area contributed by atoms with E-state index in [1.54, 1.807) is 23.1 Å². The Morgan fingerprint density at radius 2 is 1.78 bits per heavy atom. The highest BCUT2D eigenvalue weighted by molar-refractivity contribution is 7.98. The molecule has 2 aromatic carbocycles. The van der Waals surface area contributed by atoms with Gasteiger partial charge in [0.2, 0.25) is 0 Å². The zero-order chi connectivity index (χ0) is 18.8. The van der Waals surface area contributed by atoms with E-state index in [4.69, 9.17) is 0 Å². The molecular weight excluding hydrogens is 372 g/mol. The quantitative estimate of drug-likeness (QED) is 0.414. The van der Waals surface area contributed by atoms with Crippen LogP contribution in [-0.2, 0) is 5.75 Å². The Morgan fingerprint density at radius 3 is 2.48 bits per heavy atom. The highest BCUT2D eigenvalue weighted by atomic mass is 32.2. The first-order valence-electron chi connectivity index (χ1n) is 8.74. The van der Waals surface area contributed by atoms with Crippen LogP contribution in [-0.4, -0.2) is 19.7 Å². The Bertz CT molecular complexity index is 1070. The van der Waals surface area contributed by atoms with E-state index in [0.717, 1.165) is 38.7 Å². The maximum Gasteiger partial charge on any atom is 0.196 e. The third-order valence-electron chi connectivity index (χ3n) is 4.43. The first-order valence-corrected chi connectivity index (χ1v) is 10.6. The molecule has 0 atom stereocenters. The van der Waals surface area contributed by atoms with Crippen LogP contribution in [0.2, 0.25) is 0 Å². The van der Waals surface area contributed by atoms with E-state index < -0.39 is 0 Å². The molecule has 2 aromatic heterocycles. The molecule has 0 amide bonds. The number of hydrogen-bond donors (Lipinski definition) is 0. The van der Waals surface area contributed by atoms with Gasteiger partial charge >= 0.3 is 0 Å². The molecule has 0 saturated carbocycles. The van der Waals surface area contributed by atoms with Crippen molar-refractivity contribution in [2.24, 2.45) is 0 Å². The topological polar surface area (TPSA) is 43.6 Å². The third-order valence-corrected chi connectivity index (χ3v) is 6.21. The standard InChI is InChI=1S/C21H20N4S2/c1-14-9-10-19(11-15(14)2)25-20(17-7-5-4-6-8-17)23-24-21(25)27-13-18-12-26-16(3)22-18/h4-12H,13H2,1-3H3. The van der Waals surface area contributed by atoms with Crippen LogP contribution in [0, 0.1) is 20.8 Å². The van der Waals surface area contributed by atoms with E-state index >= 15 is 0 Å². The molecule has 0 fully saturated rings. The van der Waals surface area contributed by atoms with Crippen molar-refractivity contribution in [2.45, 2.75) is 31.7 Å². The summed E-state index contributed by atoms with van der Waals surface area (Å²) in [7, 11) is 0. The van der Waals surface area contributed by atoms with Crippen molar-refractivity contribution < 1.29 is 0 Å². The zero-order valence-electron chi connectivity index (χ0n) is 15.5. The van der Waals surface area contributed by atoms with Crippen LogP contribution in [0.4, 0.5) is 0 Å². The summed E-state index contributed by atoms with van der Waals surface area (Å²) in [5, 5.41) is 13.1. The molecule has 0 aliphatic rings. The van der Waals surface area contributed by atoms with Gasteiger partial charge in [0, 0.05) is 16.7 Å². The number of rotatable bonds is 5. The summed E-state index contributed by atoms with van der Waals surface area (Å²) in [6.07, 6.45) is 0. The molecule has 6 heteroatoms. The normalized spacial score (nSPS) is 11.1. The molecule has 2 heterocycles. The fourth-order valence-electron chi connectivity index (χ4n) is 2.85. The maximum atomic E-state index is 4.56. The number of aryl methyl sites for hydroxylation is 3. The lowest BCUT2D eigenvalue weighted by Crippen LogP contribution is -2.01. The van der Waals surface area contributed by atoms with Gasteiger partial charge in [0.05, 0.1) is 16.4 Å². The van der Waals surface area contributed by atoms with Crippen LogP contribution >= 0.6 is 23.1 Å². The minimum Gasteiger partial charge on any atom is -0.270 e. The van der Waals surface area contributed by atoms with Gasteiger partial charge in [0.25, 0.3) is 0 Å². The molecule has 0 aliphatic carbocycles. The molecule has 0 spiro atoms. The van der Waals surface area contributed by atoms with Crippen molar-refractivity contribution in [3.8, 4) is 17.1 Å². The fourth-order valence-corrected chi connectivity index (χ4v) is 4.41. The molecule has 0 bridgehead atoms. The van der Waals surface area contributed by atoms with Crippen LogP contribution in [0.5, 0.6) is 0 Å². The summed E-state index contributed by atoms with van der Waals surface area (Å²) in [5.74, 6) is 1.64. The molecule has 0 unspecified atom stereocenters. The van der Waals surface area contributed by atoms with Crippen molar-refractivity contribution in [3.63, 3.8) is 0 Å². The van der Waals surface area contributed by atoms with Gasteiger partial charge in [-0.1, -0.05) is 48.2 Å². The number of nitrogens with zero attached hydrogens (tertiary/aromatic N) is 4. The van der Waals surface area contributed by atoms with Crippen molar-refractivity contribution in [2.75, 3.05) is 0 Å². The smallest absolute Gasteiger partial charge is 0.196 e. The lowest BCUT2D eigenvalue weighted by Gasteiger charge is -2.12. The average molecular weight is 393 g/mol. The van der Waals surface area contributed by atoms with Gasteiger partial charge in [0.15, 0.2) is 11.0 Å². The monoisotopic (exact) mass is 392 g/mol. The molecule has 0 saturated heterocycles. The van der Waals surface area contributed by atoms with Gasteiger partial charge in [-0.25, -0.2) is 4.98 Å². The summed E-state index contributed by atoms with van der Waals surface area (Å²) in [4.78, 5) is 4.56. The van der Waals surface area contributed by atoms with Crippen molar-refractivity contribution >= 4 is 23.1 Å². The van der Waals surface area contributed by atoms with Crippen LogP contribution in [0.25, 0.3) is 17.1 Å². The van der Waals surface area contributed by atoms with Crippen LogP contribution in [0.1, 0.15) is 21.8 Å². The lowest BCUT2D eigenvalue weighted by atomic mass is 10.1. The Labute approximate surface area is 167 Å². The Balaban J connectivity index is 1.76. The van der Waals surface area contributed by atoms with Gasteiger partial charge in [-0.15, -0.1) is 21.5 Å². The highest BCUT2D eigenvalue weighted by Gasteiger charge is 2.17.